The normalized spacial score (nSPS) is 11.8. The van der Waals surface area contributed by atoms with Crippen LogP contribution in [0.3, 0.4) is 0 Å². The van der Waals surface area contributed by atoms with Gasteiger partial charge in [-0.3, -0.25) is 13.9 Å². The molecule has 3 rings (SSSR count). The first kappa shape index (κ1) is 36.8. The molecule has 3 aromatic rings. The lowest BCUT2D eigenvalue weighted by atomic mass is 10.1. The highest BCUT2D eigenvalue weighted by atomic mass is 35.5. The van der Waals surface area contributed by atoms with E-state index < -0.39 is 28.5 Å². The number of rotatable bonds is 17. The van der Waals surface area contributed by atoms with E-state index in [0.29, 0.717) is 40.3 Å². The predicted octanol–water partition coefficient (Wildman–Crippen LogP) is 6.33. The van der Waals surface area contributed by atoms with E-state index in [9.17, 15) is 18.0 Å². The van der Waals surface area contributed by atoms with Crippen LogP contribution >= 0.6 is 23.2 Å². The molecule has 1 atom stereocenters. The molecule has 10 nitrogen and oxygen atoms in total. The number of carbonyl (C=O) groups is 2. The lowest BCUT2D eigenvalue weighted by Crippen LogP contribution is -2.52. The molecule has 2 amide bonds. The van der Waals surface area contributed by atoms with Crippen molar-refractivity contribution < 1.29 is 32.2 Å². The summed E-state index contributed by atoms with van der Waals surface area (Å²) in [5.74, 6) is 0.161. The van der Waals surface area contributed by atoms with Crippen molar-refractivity contribution in [3.63, 3.8) is 0 Å². The first-order chi connectivity index (χ1) is 22.0. The number of sulfonamides is 1. The molecule has 0 aliphatic rings. The third kappa shape index (κ3) is 9.20. The van der Waals surface area contributed by atoms with Gasteiger partial charge in [0.25, 0.3) is 10.0 Å². The maximum absolute atomic E-state index is 14.3. The van der Waals surface area contributed by atoms with Gasteiger partial charge < -0.3 is 24.4 Å². The van der Waals surface area contributed by atoms with Gasteiger partial charge in [-0.25, -0.2) is 8.42 Å². The Balaban J connectivity index is 2.10. The molecular formula is C33H41Cl2N3O7S. The molecule has 0 radical (unpaired) electrons. The van der Waals surface area contributed by atoms with Gasteiger partial charge in [0.05, 0.1) is 41.5 Å². The predicted molar refractivity (Wildman–Crippen MR) is 181 cm³/mol. The summed E-state index contributed by atoms with van der Waals surface area (Å²) in [7, 11) is -1.50. The number of unbranched alkanes of at least 4 members (excludes halogenated alkanes) is 1. The van der Waals surface area contributed by atoms with Gasteiger partial charge in [0.15, 0.2) is 11.5 Å². The molecule has 0 fully saturated rings. The van der Waals surface area contributed by atoms with E-state index in [1.54, 1.807) is 49.4 Å². The summed E-state index contributed by atoms with van der Waals surface area (Å²) >= 11 is 12.4. The SMILES string of the molecule is CCCCNC(=O)C(CC)N(Cc1ccc(Cl)c(Cl)c1)C(=O)CN(c1ccc(OCC)cc1)S(=O)(=O)c1ccc(OC)c(OC)c1. The van der Waals surface area contributed by atoms with Gasteiger partial charge in [-0.15, -0.1) is 0 Å². The Labute approximate surface area is 281 Å². The van der Waals surface area contributed by atoms with Crippen LogP contribution in [0.4, 0.5) is 5.69 Å². The quantitative estimate of drug-likeness (QED) is 0.164. The van der Waals surface area contributed by atoms with Crippen molar-refractivity contribution in [2.24, 2.45) is 0 Å². The van der Waals surface area contributed by atoms with Crippen LogP contribution in [-0.2, 0) is 26.2 Å². The number of nitrogens with zero attached hydrogens (tertiary/aromatic N) is 2. The standard InChI is InChI=1S/C33H41Cl2N3O7S/c1-6-9-18-36-33(40)29(7-2)37(21-23-10-16-27(34)28(35)19-23)32(39)22-38(24-11-13-25(14-12-24)45-8-3)46(41,42)26-15-17-30(43-4)31(20-26)44-5/h10-17,19-20,29H,6-9,18,21-22H2,1-5H3,(H,36,40). The monoisotopic (exact) mass is 693 g/mol. The van der Waals surface area contributed by atoms with Crippen LogP contribution < -0.4 is 23.8 Å². The van der Waals surface area contributed by atoms with Crippen molar-refractivity contribution in [1.29, 1.82) is 0 Å². The molecule has 0 aliphatic carbocycles. The highest BCUT2D eigenvalue weighted by Gasteiger charge is 2.34. The van der Waals surface area contributed by atoms with E-state index >= 15 is 0 Å². The van der Waals surface area contributed by atoms with E-state index in [1.165, 1.54) is 37.3 Å². The number of carbonyl (C=O) groups excluding carboxylic acids is 2. The van der Waals surface area contributed by atoms with Gasteiger partial charge in [-0.1, -0.05) is 49.5 Å². The molecule has 250 valence electrons. The summed E-state index contributed by atoms with van der Waals surface area (Å²) in [6.45, 7) is 5.90. The molecule has 0 spiro atoms. The van der Waals surface area contributed by atoms with Gasteiger partial charge >= 0.3 is 0 Å². The Morgan fingerprint density at radius 1 is 0.891 bits per heavy atom. The van der Waals surface area contributed by atoms with Crippen LogP contribution in [0.2, 0.25) is 10.0 Å². The number of benzene rings is 3. The molecule has 0 aromatic heterocycles. The minimum Gasteiger partial charge on any atom is -0.494 e. The zero-order valence-electron chi connectivity index (χ0n) is 26.7. The summed E-state index contributed by atoms with van der Waals surface area (Å²) in [6.07, 6.45) is 1.95. The second kappa shape index (κ2) is 17.3. The first-order valence-electron chi connectivity index (χ1n) is 15.0. The number of anilines is 1. The van der Waals surface area contributed by atoms with Crippen LogP contribution in [0.5, 0.6) is 17.2 Å². The molecule has 1 unspecified atom stereocenters. The maximum Gasteiger partial charge on any atom is 0.264 e. The van der Waals surface area contributed by atoms with Gasteiger partial charge in [0.2, 0.25) is 11.8 Å². The Morgan fingerprint density at radius 3 is 2.17 bits per heavy atom. The summed E-state index contributed by atoms with van der Waals surface area (Å²) < 4.78 is 45.7. The topological polar surface area (TPSA) is 114 Å². The zero-order valence-corrected chi connectivity index (χ0v) is 29.0. The second-order valence-electron chi connectivity index (χ2n) is 10.3. The van der Waals surface area contributed by atoms with Gasteiger partial charge in [0, 0.05) is 19.2 Å². The van der Waals surface area contributed by atoms with Crippen molar-refractivity contribution in [2.45, 2.75) is 57.5 Å². The number of hydrogen-bond acceptors (Lipinski definition) is 7. The zero-order chi connectivity index (χ0) is 33.9. The second-order valence-corrected chi connectivity index (χ2v) is 13.0. The smallest absolute Gasteiger partial charge is 0.264 e. The van der Waals surface area contributed by atoms with E-state index in [1.807, 2.05) is 13.8 Å². The van der Waals surface area contributed by atoms with Crippen molar-refractivity contribution >= 4 is 50.7 Å². The number of methoxy groups -OCH3 is 2. The minimum absolute atomic E-state index is 0.0110. The molecule has 0 heterocycles. The Kier molecular flexibility index (Phi) is 13.8. The Bertz CT molecular complexity index is 1590. The van der Waals surface area contributed by atoms with Crippen LogP contribution in [0.25, 0.3) is 0 Å². The third-order valence-electron chi connectivity index (χ3n) is 7.21. The van der Waals surface area contributed by atoms with E-state index in [2.05, 4.69) is 5.32 Å². The number of amides is 2. The van der Waals surface area contributed by atoms with Gasteiger partial charge in [0.1, 0.15) is 18.3 Å². The highest BCUT2D eigenvalue weighted by molar-refractivity contribution is 7.92. The first-order valence-corrected chi connectivity index (χ1v) is 17.2. The molecule has 13 heteroatoms. The fourth-order valence-corrected chi connectivity index (χ4v) is 6.52. The lowest BCUT2D eigenvalue weighted by molar-refractivity contribution is -0.140. The van der Waals surface area contributed by atoms with E-state index in [4.69, 9.17) is 37.4 Å². The summed E-state index contributed by atoms with van der Waals surface area (Å²) in [5, 5.41) is 3.54. The van der Waals surface area contributed by atoms with Crippen molar-refractivity contribution in [3.8, 4) is 17.2 Å². The molecule has 3 aromatic carbocycles. The summed E-state index contributed by atoms with van der Waals surface area (Å²) in [6, 6.07) is 14.6. The number of ether oxygens (including phenoxy) is 3. The summed E-state index contributed by atoms with van der Waals surface area (Å²) in [5.41, 5.74) is 0.847. The van der Waals surface area contributed by atoms with Gasteiger partial charge in [-0.2, -0.15) is 0 Å². The Morgan fingerprint density at radius 2 is 1.59 bits per heavy atom. The molecule has 0 saturated heterocycles. The molecule has 0 saturated carbocycles. The Hall–Kier alpha value is -3.67. The fraction of sp³-hybridized carbons (Fsp3) is 0.394. The number of nitrogens with one attached hydrogen (secondary N) is 1. The maximum atomic E-state index is 14.3. The van der Waals surface area contributed by atoms with Gasteiger partial charge in [-0.05, 0) is 73.9 Å². The highest BCUT2D eigenvalue weighted by Crippen LogP contribution is 2.33. The average molecular weight is 695 g/mol. The summed E-state index contributed by atoms with van der Waals surface area (Å²) in [4.78, 5) is 29.0. The molecular weight excluding hydrogens is 653 g/mol. The van der Waals surface area contributed by atoms with Crippen molar-refractivity contribution in [3.05, 3.63) is 76.3 Å². The van der Waals surface area contributed by atoms with Crippen LogP contribution in [-0.4, -0.2) is 65.1 Å². The van der Waals surface area contributed by atoms with Crippen molar-refractivity contribution in [1.82, 2.24) is 10.2 Å². The van der Waals surface area contributed by atoms with Crippen LogP contribution in [0, 0.1) is 0 Å². The average Bonchev–Trinajstić information content (AvgIpc) is 3.05. The van der Waals surface area contributed by atoms with Crippen LogP contribution in [0.15, 0.2) is 65.6 Å². The third-order valence-corrected chi connectivity index (χ3v) is 9.72. The minimum atomic E-state index is -4.35. The number of halogens is 2. The van der Waals surface area contributed by atoms with E-state index in [-0.39, 0.29) is 35.2 Å². The van der Waals surface area contributed by atoms with E-state index in [0.717, 1.165) is 17.1 Å². The van der Waals surface area contributed by atoms with Crippen LogP contribution in [0.1, 0.15) is 45.6 Å². The number of hydrogen-bond donors (Lipinski definition) is 1. The molecule has 1 N–H and O–H groups in total. The largest absolute Gasteiger partial charge is 0.494 e. The van der Waals surface area contributed by atoms with Crippen molar-refractivity contribution in [2.75, 3.05) is 38.2 Å². The molecule has 0 aliphatic heterocycles. The molecule has 46 heavy (non-hydrogen) atoms. The fourth-order valence-electron chi connectivity index (χ4n) is 4.77. The lowest BCUT2D eigenvalue weighted by Gasteiger charge is -2.33. The molecule has 0 bridgehead atoms.